The smallest absolute Gasteiger partial charge is 0.124 e. The van der Waals surface area contributed by atoms with E-state index in [0.29, 0.717) is 5.92 Å². The zero-order valence-corrected chi connectivity index (χ0v) is 21.2. The zero-order valence-electron chi connectivity index (χ0n) is 21.2. The summed E-state index contributed by atoms with van der Waals surface area (Å²) in [5.41, 5.74) is 4.69. The number of aromatic amines is 1. The van der Waals surface area contributed by atoms with Crippen LogP contribution in [0.4, 0.5) is 0 Å². The summed E-state index contributed by atoms with van der Waals surface area (Å²) in [4.78, 5) is 6.81. The average molecular weight is 473 g/mol. The lowest BCUT2D eigenvalue weighted by molar-refractivity contribution is -0.169. The van der Waals surface area contributed by atoms with Gasteiger partial charge in [-0.2, -0.15) is 5.10 Å². The van der Waals surface area contributed by atoms with E-state index in [9.17, 15) is 10.2 Å². The molecular weight excluding hydrogens is 436 g/mol. The van der Waals surface area contributed by atoms with Gasteiger partial charge in [0.15, 0.2) is 0 Å². The molecule has 3 aliphatic carbocycles. The van der Waals surface area contributed by atoms with E-state index >= 15 is 0 Å². The minimum atomic E-state index is -1.17. The molecule has 4 fully saturated rings. The molecule has 6 heteroatoms. The van der Waals surface area contributed by atoms with Crippen molar-refractivity contribution < 1.29 is 10.2 Å². The molecule has 2 aromatic heterocycles. The van der Waals surface area contributed by atoms with Crippen molar-refractivity contribution in [2.24, 2.45) is 10.8 Å². The third kappa shape index (κ3) is 3.19. The van der Waals surface area contributed by atoms with Crippen molar-refractivity contribution in [3.05, 3.63) is 71.2 Å². The Labute approximate surface area is 207 Å². The molecule has 184 valence electrons. The number of aromatic nitrogens is 3. The third-order valence-electron chi connectivity index (χ3n) is 9.18. The van der Waals surface area contributed by atoms with Crippen LogP contribution in [0, 0.1) is 10.8 Å². The first-order valence-corrected chi connectivity index (χ1v) is 12.8. The Morgan fingerprint density at radius 2 is 1.74 bits per heavy atom. The minimum Gasteiger partial charge on any atom is -0.396 e. The Morgan fingerprint density at radius 3 is 2.34 bits per heavy atom. The molecule has 0 radical (unpaired) electrons. The van der Waals surface area contributed by atoms with Crippen LogP contribution in [0.1, 0.15) is 68.3 Å². The highest BCUT2D eigenvalue weighted by molar-refractivity contribution is 5.61. The second-order valence-corrected chi connectivity index (χ2v) is 12.3. The normalized spacial score (nSPS) is 28.7. The van der Waals surface area contributed by atoms with Gasteiger partial charge in [-0.05, 0) is 60.9 Å². The molecule has 0 amide bonds. The molecule has 3 heterocycles. The van der Waals surface area contributed by atoms with E-state index in [1.807, 2.05) is 12.4 Å². The van der Waals surface area contributed by atoms with Crippen LogP contribution in [0.15, 0.2) is 48.8 Å². The first-order valence-electron chi connectivity index (χ1n) is 12.8. The summed E-state index contributed by atoms with van der Waals surface area (Å²) in [6.45, 7) is 8.44. The predicted molar refractivity (Wildman–Crippen MR) is 136 cm³/mol. The van der Waals surface area contributed by atoms with E-state index < -0.39 is 5.60 Å². The monoisotopic (exact) mass is 472 g/mol. The Morgan fingerprint density at radius 1 is 1.06 bits per heavy atom. The molecule has 1 aromatic carbocycles. The fourth-order valence-electron chi connectivity index (χ4n) is 7.32. The van der Waals surface area contributed by atoms with Crippen LogP contribution in [0.5, 0.6) is 0 Å². The summed E-state index contributed by atoms with van der Waals surface area (Å²) in [6, 6.07) is 12.6. The highest BCUT2D eigenvalue weighted by atomic mass is 16.3. The molecule has 1 aliphatic heterocycles. The van der Waals surface area contributed by atoms with Crippen molar-refractivity contribution in [3.63, 3.8) is 0 Å². The third-order valence-corrected chi connectivity index (χ3v) is 9.18. The molecule has 2 bridgehead atoms. The number of nitrogens with one attached hydrogen (secondary N) is 1. The summed E-state index contributed by atoms with van der Waals surface area (Å²) in [6.07, 6.45) is 6.75. The van der Waals surface area contributed by atoms with Crippen molar-refractivity contribution in [1.29, 1.82) is 0 Å². The van der Waals surface area contributed by atoms with Crippen LogP contribution in [-0.2, 0) is 11.0 Å². The van der Waals surface area contributed by atoms with Crippen LogP contribution in [0.3, 0.4) is 0 Å². The van der Waals surface area contributed by atoms with Crippen LogP contribution in [-0.4, -0.2) is 57.0 Å². The van der Waals surface area contributed by atoms with E-state index in [1.54, 1.807) is 0 Å². The molecule has 35 heavy (non-hydrogen) atoms. The predicted octanol–water partition coefficient (Wildman–Crippen LogP) is 4.20. The van der Waals surface area contributed by atoms with Gasteiger partial charge in [0.05, 0.1) is 5.69 Å². The summed E-state index contributed by atoms with van der Waals surface area (Å²) in [7, 11) is 2.09. The fraction of sp³-hybridized carbons (Fsp3) is 0.517. The SMILES string of the molecule is CC(C)c1ccc([C@](O)(c2cncc(-c3cc(C45CC(CO)(C4)C5)[nH]n3)c2)C2(C)CN(C)C2)cc1. The molecule has 6 nitrogen and oxygen atoms in total. The van der Waals surface area contributed by atoms with Crippen LogP contribution in [0.25, 0.3) is 11.3 Å². The lowest BCUT2D eigenvalue weighted by Crippen LogP contribution is -2.66. The van der Waals surface area contributed by atoms with Crippen molar-refractivity contribution in [2.75, 3.05) is 26.7 Å². The van der Waals surface area contributed by atoms with Crippen LogP contribution < -0.4 is 0 Å². The molecule has 1 saturated heterocycles. The summed E-state index contributed by atoms with van der Waals surface area (Å²) < 4.78 is 0. The Kier molecular flexibility index (Phi) is 4.89. The number of nitrogens with zero attached hydrogens (tertiary/aromatic N) is 3. The highest BCUT2D eigenvalue weighted by Gasteiger charge is 2.68. The highest BCUT2D eigenvalue weighted by Crippen LogP contribution is 2.73. The largest absolute Gasteiger partial charge is 0.396 e. The number of likely N-dealkylation sites (tertiary alicyclic amines) is 1. The molecule has 3 N–H and O–H groups in total. The van der Waals surface area contributed by atoms with Gasteiger partial charge in [-0.3, -0.25) is 10.1 Å². The molecular formula is C29H36N4O2. The van der Waals surface area contributed by atoms with Gasteiger partial charge in [0.25, 0.3) is 0 Å². The molecule has 0 spiro atoms. The first-order chi connectivity index (χ1) is 16.6. The summed E-state index contributed by atoms with van der Waals surface area (Å²) >= 11 is 0. The van der Waals surface area contributed by atoms with E-state index in [-0.39, 0.29) is 22.9 Å². The second kappa shape index (κ2) is 7.48. The van der Waals surface area contributed by atoms with Gasteiger partial charge in [-0.15, -0.1) is 0 Å². The topological polar surface area (TPSA) is 85.3 Å². The Hall–Kier alpha value is -2.54. The zero-order chi connectivity index (χ0) is 24.6. The maximum absolute atomic E-state index is 12.5. The second-order valence-electron chi connectivity index (χ2n) is 12.3. The Balaban J connectivity index is 1.36. The fourth-order valence-corrected chi connectivity index (χ4v) is 7.32. The molecule has 4 aliphatic rings. The number of rotatable bonds is 7. The van der Waals surface area contributed by atoms with Gasteiger partial charge in [0.2, 0.25) is 0 Å². The summed E-state index contributed by atoms with van der Waals surface area (Å²) in [5, 5.41) is 30.0. The van der Waals surface area contributed by atoms with Crippen molar-refractivity contribution >= 4 is 0 Å². The van der Waals surface area contributed by atoms with E-state index in [4.69, 9.17) is 0 Å². The number of benzene rings is 1. The van der Waals surface area contributed by atoms with Gasteiger partial charge in [-0.25, -0.2) is 0 Å². The van der Waals surface area contributed by atoms with E-state index in [2.05, 4.69) is 84.3 Å². The standard InChI is InChI=1S/C29H36N4O2/c1-19(2)20-5-7-22(8-6-20)29(35,26(3)16-33(4)17-26)23-9-21(11-30-12-23)24-10-25(32-31-24)28-13-27(14-28,15-28)18-34/h5-12,19,34-35H,13-18H2,1-4H3,(H,31,32)/t27?,28?,29-/m0/s1. The maximum Gasteiger partial charge on any atom is 0.124 e. The average Bonchev–Trinajstić information content (AvgIpc) is 3.26. The van der Waals surface area contributed by atoms with Crippen LogP contribution in [0.2, 0.25) is 0 Å². The minimum absolute atomic E-state index is 0.153. The number of pyridine rings is 1. The van der Waals surface area contributed by atoms with Gasteiger partial charge in [0.1, 0.15) is 5.60 Å². The van der Waals surface area contributed by atoms with Crippen molar-refractivity contribution in [2.45, 2.75) is 57.0 Å². The lowest BCUT2D eigenvalue weighted by Gasteiger charge is -2.69. The van der Waals surface area contributed by atoms with E-state index in [0.717, 1.165) is 60.4 Å². The van der Waals surface area contributed by atoms with Crippen molar-refractivity contribution in [3.8, 4) is 11.3 Å². The lowest BCUT2D eigenvalue weighted by atomic mass is 9.34. The number of hydrogen-bond donors (Lipinski definition) is 3. The number of aliphatic hydroxyl groups excluding tert-OH is 1. The molecule has 7 rings (SSSR count). The number of H-pyrrole nitrogens is 1. The Bertz CT molecular complexity index is 1240. The van der Waals surface area contributed by atoms with Gasteiger partial charge in [0, 0.05) is 59.7 Å². The molecule has 3 saturated carbocycles. The van der Waals surface area contributed by atoms with Crippen molar-refractivity contribution in [1.82, 2.24) is 20.1 Å². The number of hydrogen-bond acceptors (Lipinski definition) is 5. The van der Waals surface area contributed by atoms with E-state index in [1.165, 1.54) is 5.56 Å². The summed E-state index contributed by atoms with van der Waals surface area (Å²) in [5.74, 6) is 0.440. The maximum atomic E-state index is 12.5. The number of aliphatic hydroxyl groups is 2. The molecule has 3 aromatic rings. The van der Waals surface area contributed by atoms with Crippen LogP contribution >= 0.6 is 0 Å². The van der Waals surface area contributed by atoms with Gasteiger partial charge < -0.3 is 15.1 Å². The first kappa shape index (κ1) is 22.9. The molecule has 1 atom stereocenters. The van der Waals surface area contributed by atoms with Gasteiger partial charge in [-0.1, -0.05) is 45.0 Å². The quantitative estimate of drug-likeness (QED) is 0.480. The molecule has 0 unspecified atom stereocenters. The van der Waals surface area contributed by atoms with Gasteiger partial charge >= 0.3 is 0 Å².